The minimum atomic E-state index is -0.230. The fraction of sp³-hybridized carbons (Fsp3) is 0.600. The molecule has 1 N–H and O–H groups in total. The van der Waals surface area contributed by atoms with Crippen LogP contribution in [0.3, 0.4) is 0 Å². The Morgan fingerprint density at radius 3 is 2.47 bits per heavy atom. The SMILES string of the molecule is CCC(c1ccccc1)C(O)C1CCOCC1. The summed E-state index contributed by atoms with van der Waals surface area (Å²) in [7, 11) is 0. The fourth-order valence-corrected chi connectivity index (χ4v) is 2.76. The zero-order chi connectivity index (χ0) is 12.1. The molecule has 2 atom stereocenters. The van der Waals surface area contributed by atoms with Crippen molar-refractivity contribution in [3.63, 3.8) is 0 Å². The molecule has 0 amide bonds. The predicted octanol–water partition coefficient (Wildman–Crippen LogP) is 2.97. The zero-order valence-electron chi connectivity index (χ0n) is 10.5. The molecule has 0 bridgehead atoms. The molecule has 0 aliphatic carbocycles. The van der Waals surface area contributed by atoms with Crippen LogP contribution in [-0.4, -0.2) is 24.4 Å². The first-order chi connectivity index (χ1) is 8.33. The first-order valence-electron chi connectivity index (χ1n) is 6.63. The highest BCUT2D eigenvalue weighted by Crippen LogP contribution is 2.31. The third-order valence-electron chi connectivity index (χ3n) is 3.83. The Labute approximate surface area is 104 Å². The number of ether oxygens (including phenoxy) is 1. The summed E-state index contributed by atoms with van der Waals surface area (Å²) in [6.07, 6.45) is 2.74. The highest BCUT2D eigenvalue weighted by atomic mass is 16.5. The van der Waals surface area contributed by atoms with Crippen LogP contribution in [0.2, 0.25) is 0 Å². The molecule has 17 heavy (non-hydrogen) atoms. The van der Waals surface area contributed by atoms with Crippen LogP contribution in [0.4, 0.5) is 0 Å². The minimum absolute atomic E-state index is 0.230. The Kier molecular flexibility index (Phi) is 4.57. The lowest BCUT2D eigenvalue weighted by Gasteiger charge is -2.32. The van der Waals surface area contributed by atoms with Crippen molar-refractivity contribution in [2.45, 2.75) is 38.2 Å². The summed E-state index contributed by atoms with van der Waals surface area (Å²) in [5.41, 5.74) is 1.26. The molecule has 2 nitrogen and oxygen atoms in total. The maximum Gasteiger partial charge on any atom is 0.0638 e. The molecule has 1 aromatic rings. The lowest BCUT2D eigenvalue weighted by atomic mass is 9.81. The molecule has 0 aromatic heterocycles. The summed E-state index contributed by atoms with van der Waals surface area (Å²) in [4.78, 5) is 0. The van der Waals surface area contributed by atoms with Gasteiger partial charge in [-0.15, -0.1) is 0 Å². The largest absolute Gasteiger partial charge is 0.392 e. The number of rotatable bonds is 4. The van der Waals surface area contributed by atoms with Crippen molar-refractivity contribution in [3.05, 3.63) is 35.9 Å². The van der Waals surface area contributed by atoms with Gasteiger partial charge in [-0.05, 0) is 30.7 Å². The Balaban J connectivity index is 2.07. The summed E-state index contributed by atoms with van der Waals surface area (Å²) < 4.78 is 5.36. The van der Waals surface area contributed by atoms with Gasteiger partial charge in [0.05, 0.1) is 6.10 Å². The monoisotopic (exact) mass is 234 g/mol. The molecule has 1 aliphatic heterocycles. The Morgan fingerprint density at radius 2 is 1.88 bits per heavy atom. The van der Waals surface area contributed by atoms with E-state index in [-0.39, 0.29) is 12.0 Å². The van der Waals surface area contributed by atoms with Gasteiger partial charge in [0.25, 0.3) is 0 Å². The van der Waals surface area contributed by atoms with Gasteiger partial charge >= 0.3 is 0 Å². The average molecular weight is 234 g/mol. The highest BCUT2D eigenvalue weighted by molar-refractivity contribution is 5.20. The van der Waals surface area contributed by atoms with Crippen LogP contribution < -0.4 is 0 Å². The standard InChI is InChI=1S/C15H22O2/c1-2-14(12-6-4-3-5-7-12)15(16)13-8-10-17-11-9-13/h3-7,13-16H,2,8-11H2,1H3. The second-order valence-electron chi connectivity index (χ2n) is 4.87. The quantitative estimate of drug-likeness (QED) is 0.868. The summed E-state index contributed by atoms with van der Waals surface area (Å²) >= 11 is 0. The van der Waals surface area contributed by atoms with E-state index in [4.69, 9.17) is 4.74 Å². The van der Waals surface area contributed by atoms with Crippen LogP contribution in [0.1, 0.15) is 37.7 Å². The molecule has 2 heteroatoms. The Bertz CT molecular complexity index is 317. The first-order valence-corrected chi connectivity index (χ1v) is 6.63. The van der Waals surface area contributed by atoms with Gasteiger partial charge in [-0.25, -0.2) is 0 Å². The van der Waals surface area contributed by atoms with Crippen molar-refractivity contribution in [3.8, 4) is 0 Å². The van der Waals surface area contributed by atoms with E-state index in [2.05, 4.69) is 31.2 Å². The van der Waals surface area contributed by atoms with Crippen molar-refractivity contribution in [1.29, 1.82) is 0 Å². The normalized spacial score (nSPS) is 21.1. The summed E-state index contributed by atoms with van der Waals surface area (Å²) in [5, 5.41) is 10.5. The van der Waals surface area contributed by atoms with Crippen LogP contribution in [-0.2, 0) is 4.74 Å². The van der Waals surface area contributed by atoms with Crippen molar-refractivity contribution in [2.24, 2.45) is 5.92 Å². The number of benzene rings is 1. The molecule has 1 heterocycles. The molecular weight excluding hydrogens is 212 g/mol. The lowest BCUT2D eigenvalue weighted by Crippen LogP contribution is -2.32. The maximum absolute atomic E-state index is 10.5. The topological polar surface area (TPSA) is 29.5 Å². The van der Waals surface area contributed by atoms with Gasteiger partial charge in [0, 0.05) is 19.1 Å². The van der Waals surface area contributed by atoms with Gasteiger partial charge in [0.2, 0.25) is 0 Å². The van der Waals surface area contributed by atoms with Crippen LogP contribution in [0.25, 0.3) is 0 Å². The van der Waals surface area contributed by atoms with E-state index < -0.39 is 0 Å². The molecule has 2 unspecified atom stereocenters. The van der Waals surface area contributed by atoms with Gasteiger partial charge in [0.1, 0.15) is 0 Å². The maximum atomic E-state index is 10.5. The molecule has 1 fully saturated rings. The van der Waals surface area contributed by atoms with Gasteiger partial charge in [-0.2, -0.15) is 0 Å². The van der Waals surface area contributed by atoms with Gasteiger partial charge in [0.15, 0.2) is 0 Å². The third-order valence-corrected chi connectivity index (χ3v) is 3.83. The average Bonchev–Trinajstić information content (AvgIpc) is 2.42. The van der Waals surface area contributed by atoms with Crippen LogP contribution >= 0.6 is 0 Å². The van der Waals surface area contributed by atoms with E-state index in [1.165, 1.54) is 5.56 Å². The van der Waals surface area contributed by atoms with Gasteiger partial charge in [-0.3, -0.25) is 0 Å². The van der Waals surface area contributed by atoms with Crippen molar-refractivity contribution < 1.29 is 9.84 Å². The molecule has 0 spiro atoms. The van der Waals surface area contributed by atoms with E-state index in [0.717, 1.165) is 32.5 Å². The highest BCUT2D eigenvalue weighted by Gasteiger charge is 2.28. The van der Waals surface area contributed by atoms with Crippen LogP contribution in [0.5, 0.6) is 0 Å². The second kappa shape index (κ2) is 6.18. The van der Waals surface area contributed by atoms with Crippen molar-refractivity contribution >= 4 is 0 Å². The molecular formula is C15H22O2. The third kappa shape index (κ3) is 3.08. The molecule has 1 aromatic carbocycles. The summed E-state index contributed by atoms with van der Waals surface area (Å²) in [6.45, 7) is 3.75. The number of aliphatic hydroxyl groups excluding tert-OH is 1. The van der Waals surface area contributed by atoms with Gasteiger partial charge < -0.3 is 9.84 Å². The summed E-state index contributed by atoms with van der Waals surface area (Å²) in [6, 6.07) is 10.4. The van der Waals surface area contributed by atoms with E-state index >= 15 is 0 Å². The molecule has 1 aliphatic rings. The molecule has 94 valence electrons. The van der Waals surface area contributed by atoms with Crippen molar-refractivity contribution in [1.82, 2.24) is 0 Å². The van der Waals surface area contributed by atoms with Crippen LogP contribution in [0.15, 0.2) is 30.3 Å². The van der Waals surface area contributed by atoms with E-state index in [1.54, 1.807) is 0 Å². The summed E-state index contributed by atoms with van der Waals surface area (Å²) in [5.74, 6) is 0.660. The number of hydrogen-bond donors (Lipinski definition) is 1. The van der Waals surface area contributed by atoms with Gasteiger partial charge in [-0.1, -0.05) is 37.3 Å². The van der Waals surface area contributed by atoms with Crippen LogP contribution in [0, 0.1) is 5.92 Å². The fourth-order valence-electron chi connectivity index (χ4n) is 2.76. The minimum Gasteiger partial charge on any atom is -0.392 e. The predicted molar refractivity (Wildman–Crippen MR) is 69.0 cm³/mol. The Morgan fingerprint density at radius 1 is 1.24 bits per heavy atom. The lowest BCUT2D eigenvalue weighted by molar-refractivity contribution is -0.00361. The van der Waals surface area contributed by atoms with E-state index in [0.29, 0.717) is 5.92 Å². The zero-order valence-corrected chi connectivity index (χ0v) is 10.5. The smallest absolute Gasteiger partial charge is 0.0638 e. The number of aliphatic hydroxyl groups is 1. The molecule has 0 radical (unpaired) electrons. The molecule has 2 rings (SSSR count). The second-order valence-corrected chi connectivity index (χ2v) is 4.87. The Hall–Kier alpha value is -0.860. The van der Waals surface area contributed by atoms with E-state index in [9.17, 15) is 5.11 Å². The van der Waals surface area contributed by atoms with Crippen molar-refractivity contribution in [2.75, 3.05) is 13.2 Å². The first kappa shape index (κ1) is 12.6. The van der Waals surface area contributed by atoms with E-state index in [1.807, 2.05) is 6.07 Å². The molecule has 1 saturated heterocycles. The molecule has 0 saturated carbocycles. The number of hydrogen-bond acceptors (Lipinski definition) is 2.